The second kappa shape index (κ2) is 8.08. The largest absolute Gasteiger partial charge is 0.480 e. The Morgan fingerprint density at radius 3 is 2.80 bits per heavy atom. The number of H-pyrrole nitrogens is 1. The minimum atomic E-state index is -1.14. The number of aromatic nitrogens is 3. The monoisotopic (exact) mass is 405 g/mol. The van der Waals surface area contributed by atoms with Crippen LogP contribution in [0.15, 0.2) is 65.7 Å². The van der Waals surface area contributed by atoms with E-state index in [2.05, 4.69) is 20.6 Å². The molecule has 0 bridgehead atoms. The fourth-order valence-corrected chi connectivity index (χ4v) is 3.29. The Hall–Kier alpha value is -4.14. The molecule has 0 spiro atoms. The Labute approximate surface area is 170 Å². The third-order valence-electron chi connectivity index (χ3n) is 4.76. The fourth-order valence-electron chi connectivity index (χ4n) is 3.29. The van der Waals surface area contributed by atoms with Crippen LogP contribution in [-0.4, -0.2) is 37.5 Å². The predicted molar refractivity (Wildman–Crippen MR) is 110 cm³/mol. The van der Waals surface area contributed by atoms with Crippen LogP contribution in [0.25, 0.3) is 16.6 Å². The van der Waals surface area contributed by atoms with Crippen molar-refractivity contribution in [1.29, 1.82) is 0 Å². The lowest BCUT2D eigenvalue weighted by Crippen LogP contribution is -2.47. The van der Waals surface area contributed by atoms with Crippen LogP contribution in [0.1, 0.15) is 11.3 Å². The molecule has 0 radical (unpaired) electrons. The van der Waals surface area contributed by atoms with E-state index >= 15 is 0 Å². The summed E-state index contributed by atoms with van der Waals surface area (Å²) in [5, 5.41) is 15.5. The summed E-state index contributed by atoms with van der Waals surface area (Å²) in [6.45, 7) is -0.00804. The number of carbonyl (C=O) groups is 2. The van der Waals surface area contributed by atoms with Gasteiger partial charge >= 0.3 is 12.0 Å². The number of pyridine rings is 1. The number of aromatic amines is 1. The van der Waals surface area contributed by atoms with Gasteiger partial charge in [-0.05, 0) is 23.8 Å². The van der Waals surface area contributed by atoms with Gasteiger partial charge < -0.3 is 20.7 Å². The van der Waals surface area contributed by atoms with Gasteiger partial charge in [0.15, 0.2) is 0 Å². The minimum Gasteiger partial charge on any atom is -0.480 e. The lowest BCUT2D eigenvalue weighted by molar-refractivity contribution is -0.139. The first-order valence-electron chi connectivity index (χ1n) is 9.31. The normalized spacial score (nSPS) is 12.0. The molecule has 0 saturated heterocycles. The highest BCUT2D eigenvalue weighted by molar-refractivity contribution is 5.86. The Bertz CT molecular complexity index is 1290. The molecular formula is C21H19N5O4. The number of benzene rings is 1. The summed E-state index contributed by atoms with van der Waals surface area (Å²) in [5.74, 6) is -1.14. The maximum atomic E-state index is 12.3. The van der Waals surface area contributed by atoms with Crippen molar-refractivity contribution in [1.82, 2.24) is 25.0 Å². The van der Waals surface area contributed by atoms with Crippen molar-refractivity contribution in [2.45, 2.75) is 19.0 Å². The molecule has 4 aromatic rings. The summed E-state index contributed by atoms with van der Waals surface area (Å²) in [6, 6.07) is 12.3. The molecule has 30 heavy (non-hydrogen) atoms. The number of hydrogen-bond donors (Lipinski definition) is 4. The molecule has 1 aromatic carbocycles. The number of hydrogen-bond acceptors (Lipinski definition) is 4. The number of fused-ring (bicyclic) bond motifs is 2. The average molecular weight is 405 g/mol. The molecule has 9 nitrogen and oxygen atoms in total. The molecule has 4 rings (SSSR count). The maximum absolute atomic E-state index is 12.3. The SMILES string of the molecule is O=C(NCc1cc(=O)n2ccccc2n1)N[C@H](Cc1c[nH]c2ccccc12)C(=O)O. The number of carbonyl (C=O) groups excluding carboxylic acids is 1. The van der Waals surface area contributed by atoms with Gasteiger partial charge in [-0.25, -0.2) is 14.6 Å². The maximum Gasteiger partial charge on any atom is 0.326 e. The highest BCUT2D eigenvalue weighted by Crippen LogP contribution is 2.19. The van der Waals surface area contributed by atoms with E-state index in [0.717, 1.165) is 16.5 Å². The third kappa shape index (κ3) is 4.00. The summed E-state index contributed by atoms with van der Waals surface area (Å²) < 4.78 is 1.39. The van der Waals surface area contributed by atoms with Crippen LogP contribution in [-0.2, 0) is 17.8 Å². The van der Waals surface area contributed by atoms with Crippen LogP contribution >= 0.6 is 0 Å². The van der Waals surface area contributed by atoms with Gasteiger partial charge in [0.1, 0.15) is 11.7 Å². The van der Waals surface area contributed by atoms with Gasteiger partial charge in [-0.15, -0.1) is 0 Å². The second-order valence-electron chi connectivity index (χ2n) is 6.80. The van der Waals surface area contributed by atoms with Crippen molar-refractivity contribution in [2.75, 3.05) is 0 Å². The number of nitrogens with zero attached hydrogens (tertiary/aromatic N) is 2. The summed E-state index contributed by atoms with van der Waals surface area (Å²) in [5.41, 5.74) is 2.27. The Morgan fingerprint density at radius 2 is 1.97 bits per heavy atom. The molecule has 0 saturated carbocycles. The third-order valence-corrected chi connectivity index (χ3v) is 4.76. The number of amides is 2. The van der Waals surface area contributed by atoms with E-state index in [1.165, 1.54) is 10.5 Å². The number of nitrogens with one attached hydrogen (secondary N) is 3. The van der Waals surface area contributed by atoms with E-state index in [-0.39, 0.29) is 18.5 Å². The highest BCUT2D eigenvalue weighted by atomic mass is 16.4. The molecule has 2 amide bonds. The molecule has 4 N–H and O–H groups in total. The van der Waals surface area contributed by atoms with Gasteiger partial charge in [0.2, 0.25) is 0 Å². The number of urea groups is 1. The van der Waals surface area contributed by atoms with Gasteiger partial charge in [-0.2, -0.15) is 0 Å². The van der Waals surface area contributed by atoms with Crippen molar-refractivity contribution < 1.29 is 14.7 Å². The number of para-hydroxylation sites is 1. The molecule has 3 heterocycles. The van der Waals surface area contributed by atoms with Gasteiger partial charge in [-0.3, -0.25) is 9.20 Å². The molecule has 0 aliphatic rings. The van der Waals surface area contributed by atoms with E-state index in [4.69, 9.17) is 0 Å². The first-order valence-corrected chi connectivity index (χ1v) is 9.31. The van der Waals surface area contributed by atoms with Gasteiger partial charge in [0.05, 0.1) is 12.2 Å². The summed E-state index contributed by atoms with van der Waals surface area (Å²) >= 11 is 0. The van der Waals surface area contributed by atoms with Crippen LogP contribution in [0.3, 0.4) is 0 Å². The first-order chi connectivity index (χ1) is 14.5. The second-order valence-corrected chi connectivity index (χ2v) is 6.80. The molecule has 0 aliphatic carbocycles. The zero-order chi connectivity index (χ0) is 21.1. The zero-order valence-corrected chi connectivity index (χ0v) is 15.8. The molecule has 9 heteroatoms. The fraction of sp³-hybridized carbons (Fsp3) is 0.143. The number of aliphatic carboxylic acids is 1. The lowest BCUT2D eigenvalue weighted by Gasteiger charge is -2.15. The van der Waals surface area contributed by atoms with Crippen molar-refractivity contribution in [3.63, 3.8) is 0 Å². The topological polar surface area (TPSA) is 129 Å². The van der Waals surface area contributed by atoms with E-state index in [1.54, 1.807) is 30.6 Å². The van der Waals surface area contributed by atoms with Crippen LogP contribution in [0.5, 0.6) is 0 Å². The first kappa shape index (κ1) is 19.2. The van der Waals surface area contributed by atoms with Crippen LogP contribution in [0.4, 0.5) is 4.79 Å². The van der Waals surface area contributed by atoms with Gasteiger partial charge in [0, 0.05) is 35.8 Å². The standard InChI is InChI=1S/C21H19N5O4/c27-19-10-14(24-18-7-3-4-8-26(18)19)12-23-21(30)25-17(20(28)29)9-13-11-22-16-6-2-1-5-15(13)16/h1-8,10-11,17,22H,9,12H2,(H,28,29)(H2,23,25,30)/t17-/m1/s1. The Morgan fingerprint density at radius 1 is 1.17 bits per heavy atom. The highest BCUT2D eigenvalue weighted by Gasteiger charge is 2.22. The van der Waals surface area contributed by atoms with Crippen molar-refractivity contribution in [3.8, 4) is 0 Å². The van der Waals surface area contributed by atoms with E-state index in [0.29, 0.717) is 11.3 Å². The van der Waals surface area contributed by atoms with Crippen LogP contribution in [0.2, 0.25) is 0 Å². The van der Waals surface area contributed by atoms with Crippen molar-refractivity contribution in [3.05, 3.63) is 82.5 Å². The molecule has 0 aliphatic heterocycles. The average Bonchev–Trinajstić information content (AvgIpc) is 3.15. The van der Waals surface area contributed by atoms with E-state index < -0.39 is 18.0 Å². The number of rotatable bonds is 6. The van der Waals surface area contributed by atoms with E-state index in [9.17, 15) is 19.5 Å². The number of carboxylic acids is 1. The Kier molecular flexibility index (Phi) is 5.17. The molecular weight excluding hydrogens is 386 g/mol. The quantitative estimate of drug-likeness (QED) is 0.388. The molecule has 0 unspecified atom stereocenters. The van der Waals surface area contributed by atoms with E-state index in [1.807, 2.05) is 24.3 Å². The predicted octanol–water partition coefficient (Wildman–Crippen LogP) is 1.67. The number of carboxylic acid groups (broad SMARTS) is 1. The smallest absolute Gasteiger partial charge is 0.326 e. The van der Waals surface area contributed by atoms with Gasteiger partial charge in [-0.1, -0.05) is 24.3 Å². The summed E-state index contributed by atoms with van der Waals surface area (Å²) in [7, 11) is 0. The van der Waals surface area contributed by atoms with Gasteiger partial charge in [0.25, 0.3) is 5.56 Å². The lowest BCUT2D eigenvalue weighted by atomic mass is 10.1. The summed E-state index contributed by atoms with van der Waals surface area (Å²) in [6.07, 6.45) is 3.48. The zero-order valence-electron chi connectivity index (χ0n) is 15.8. The van der Waals surface area contributed by atoms with Crippen LogP contribution in [0, 0.1) is 0 Å². The summed E-state index contributed by atoms with van der Waals surface area (Å²) in [4.78, 5) is 43.4. The molecule has 1 atom stereocenters. The molecule has 152 valence electrons. The molecule has 3 aromatic heterocycles. The van der Waals surface area contributed by atoms with Crippen LogP contribution < -0.4 is 16.2 Å². The Balaban J connectivity index is 1.42. The van der Waals surface area contributed by atoms with Crippen molar-refractivity contribution in [2.24, 2.45) is 0 Å². The minimum absolute atomic E-state index is 0.00804. The van der Waals surface area contributed by atoms with Crippen molar-refractivity contribution >= 4 is 28.6 Å². The molecule has 0 fully saturated rings.